The van der Waals surface area contributed by atoms with Crippen LogP contribution in [0.25, 0.3) is 10.9 Å². The number of rotatable bonds is 6. The highest BCUT2D eigenvalue weighted by Gasteiger charge is 2.23. The van der Waals surface area contributed by atoms with E-state index >= 15 is 0 Å². The van der Waals surface area contributed by atoms with Gasteiger partial charge in [-0.2, -0.15) is 0 Å². The number of benzene rings is 2. The molecule has 0 fully saturated rings. The summed E-state index contributed by atoms with van der Waals surface area (Å²) in [6.07, 6.45) is 1.65. The predicted molar refractivity (Wildman–Crippen MR) is 101 cm³/mol. The lowest BCUT2D eigenvalue weighted by molar-refractivity contribution is 0.321. The van der Waals surface area contributed by atoms with E-state index in [0.29, 0.717) is 27.5 Å². The number of ether oxygens (including phenoxy) is 1. The topological polar surface area (TPSA) is 60.3 Å². The molecule has 1 N–H and O–H groups in total. The molecule has 25 heavy (non-hydrogen) atoms. The minimum atomic E-state index is -3.58. The fourth-order valence-electron chi connectivity index (χ4n) is 2.72. The first-order valence-electron chi connectivity index (χ1n) is 7.71. The molecule has 5 nitrogen and oxygen atoms in total. The quantitative estimate of drug-likeness (QED) is 0.668. The highest BCUT2D eigenvalue weighted by atomic mass is 35.5. The van der Waals surface area contributed by atoms with Gasteiger partial charge in [-0.1, -0.05) is 30.3 Å². The Kier molecular flexibility index (Phi) is 6.11. The number of hydrogen-bond donors (Lipinski definition) is 1. The molecular formula is C18H21ClN2O3S. The van der Waals surface area contributed by atoms with Crippen LogP contribution in [0, 0.1) is 0 Å². The minimum absolute atomic E-state index is 0. The molecular weight excluding hydrogens is 360 g/mol. The van der Waals surface area contributed by atoms with Crippen molar-refractivity contribution in [1.82, 2.24) is 9.88 Å². The number of hydrogen-bond acceptors (Lipinski definition) is 4. The van der Waals surface area contributed by atoms with E-state index in [2.05, 4.69) is 5.32 Å². The zero-order valence-corrected chi connectivity index (χ0v) is 15.7. The van der Waals surface area contributed by atoms with E-state index < -0.39 is 9.84 Å². The monoisotopic (exact) mass is 380 g/mol. The lowest BCUT2D eigenvalue weighted by atomic mass is 10.2. The first-order chi connectivity index (χ1) is 11.6. The molecule has 0 atom stereocenters. The van der Waals surface area contributed by atoms with Gasteiger partial charge in [0, 0.05) is 25.2 Å². The summed E-state index contributed by atoms with van der Waals surface area (Å²) in [5.41, 5.74) is 0.781. The van der Waals surface area contributed by atoms with Gasteiger partial charge in [-0.15, -0.1) is 12.4 Å². The van der Waals surface area contributed by atoms with Crippen molar-refractivity contribution in [2.45, 2.75) is 9.79 Å². The van der Waals surface area contributed by atoms with Crippen molar-refractivity contribution < 1.29 is 13.2 Å². The van der Waals surface area contributed by atoms with E-state index in [0.717, 1.165) is 12.1 Å². The second-order valence-corrected chi connectivity index (χ2v) is 7.44. The maximum absolute atomic E-state index is 13.0. The number of nitrogens with zero attached hydrogens (tertiary/aromatic N) is 1. The summed E-state index contributed by atoms with van der Waals surface area (Å²) >= 11 is 0. The fourth-order valence-corrected chi connectivity index (χ4v) is 4.24. The Morgan fingerprint density at radius 3 is 2.48 bits per heavy atom. The molecule has 0 aliphatic carbocycles. The van der Waals surface area contributed by atoms with Crippen molar-refractivity contribution in [3.05, 3.63) is 54.7 Å². The van der Waals surface area contributed by atoms with E-state index in [-0.39, 0.29) is 12.4 Å². The van der Waals surface area contributed by atoms with Crippen LogP contribution in [0.1, 0.15) is 0 Å². The van der Waals surface area contributed by atoms with E-state index in [1.807, 2.05) is 32.3 Å². The van der Waals surface area contributed by atoms with Gasteiger partial charge in [0.2, 0.25) is 9.84 Å². The number of nitrogens with one attached hydrogen (secondary N) is 1. The van der Waals surface area contributed by atoms with E-state index in [1.54, 1.807) is 41.1 Å². The van der Waals surface area contributed by atoms with Crippen LogP contribution in [0.4, 0.5) is 0 Å². The van der Waals surface area contributed by atoms with Gasteiger partial charge in [0.25, 0.3) is 0 Å². The number of aryl methyl sites for hydroxylation is 1. The van der Waals surface area contributed by atoms with Gasteiger partial charge in [-0.3, -0.25) is 0 Å². The molecule has 2 aromatic carbocycles. The van der Waals surface area contributed by atoms with Gasteiger partial charge in [-0.25, -0.2) is 8.42 Å². The molecule has 0 unspecified atom stereocenters. The molecule has 7 heteroatoms. The highest BCUT2D eigenvalue weighted by Crippen LogP contribution is 2.34. The third-order valence-electron chi connectivity index (χ3n) is 3.88. The van der Waals surface area contributed by atoms with E-state index in [9.17, 15) is 8.42 Å². The van der Waals surface area contributed by atoms with Crippen molar-refractivity contribution in [2.24, 2.45) is 7.05 Å². The maximum Gasteiger partial charge on any atom is 0.208 e. The number of halogens is 1. The smallest absolute Gasteiger partial charge is 0.208 e. The summed E-state index contributed by atoms with van der Waals surface area (Å²) in [7, 11) is 0.113. The number of para-hydroxylation sites is 1. The first kappa shape index (κ1) is 19.3. The minimum Gasteiger partial charge on any atom is -0.490 e. The molecule has 0 saturated carbocycles. The molecule has 3 rings (SSSR count). The molecule has 1 aromatic heterocycles. The van der Waals surface area contributed by atoms with E-state index in [1.165, 1.54) is 0 Å². The fraction of sp³-hybridized carbons (Fsp3) is 0.222. The Bertz CT molecular complexity index is 953. The molecule has 0 radical (unpaired) electrons. The maximum atomic E-state index is 13.0. The summed E-state index contributed by atoms with van der Waals surface area (Å²) in [6, 6.07) is 14.0. The van der Waals surface area contributed by atoms with Gasteiger partial charge in [0.05, 0.1) is 15.3 Å². The number of sulfone groups is 1. The van der Waals surface area contributed by atoms with Crippen molar-refractivity contribution in [2.75, 3.05) is 20.2 Å². The zero-order chi connectivity index (χ0) is 17.2. The summed E-state index contributed by atoms with van der Waals surface area (Å²) in [5, 5.41) is 3.69. The van der Waals surface area contributed by atoms with Crippen molar-refractivity contribution in [3.63, 3.8) is 0 Å². The largest absolute Gasteiger partial charge is 0.490 e. The molecule has 0 amide bonds. The van der Waals surface area contributed by atoms with Crippen molar-refractivity contribution >= 4 is 33.1 Å². The molecule has 0 saturated heterocycles. The number of fused-ring (bicyclic) bond motifs is 1. The lowest BCUT2D eigenvalue weighted by Gasteiger charge is -2.09. The zero-order valence-electron chi connectivity index (χ0n) is 14.1. The molecule has 3 aromatic rings. The third kappa shape index (κ3) is 3.66. The Labute approximate surface area is 153 Å². The molecule has 1 heterocycles. The van der Waals surface area contributed by atoms with Gasteiger partial charge in [0.1, 0.15) is 12.4 Å². The van der Waals surface area contributed by atoms with Gasteiger partial charge in [0.15, 0.2) is 0 Å². The molecule has 0 aliphatic rings. The van der Waals surface area contributed by atoms with E-state index in [4.69, 9.17) is 4.74 Å². The Hall–Kier alpha value is -2.02. The number of aromatic nitrogens is 1. The lowest BCUT2D eigenvalue weighted by Crippen LogP contribution is -2.16. The van der Waals surface area contributed by atoms with Crippen molar-refractivity contribution in [1.29, 1.82) is 0 Å². The van der Waals surface area contributed by atoms with Gasteiger partial charge >= 0.3 is 0 Å². The predicted octanol–water partition coefficient (Wildman–Crippen LogP) is 3.03. The first-order valence-corrected chi connectivity index (χ1v) is 9.19. The van der Waals surface area contributed by atoms with Crippen LogP contribution in [-0.4, -0.2) is 33.2 Å². The summed E-state index contributed by atoms with van der Waals surface area (Å²) in [6.45, 7) is 1.23. The molecule has 134 valence electrons. The summed E-state index contributed by atoms with van der Waals surface area (Å²) in [5.74, 6) is 0.680. The highest BCUT2D eigenvalue weighted by molar-refractivity contribution is 7.91. The Morgan fingerprint density at radius 2 is 1.80 bits per heavy atom. The van der Waals surface area contributed by atoms with Crippen LogP contribution in [0.5, 0.6) is 5.75 Å². The molecule has 0 spiro atoms. The van der Waals surface area contributed by atoms with Crippen LogP contribution in [0.3, 0.4) is 0 Å². The van der Waals surface area contributed by atoms with Crippen LogP contribution >= 0.6 is 12.4 Å². The van der Waals surface area contributed by atoms with Crippen LogP contribution in [0.2, 0.25) is 0 Å². The normalized spacial score (nSPS) is 11.3. The average molecular weight is 381 g/mol. The molecule has 0 aliphatic heterocycles. The summed E-state index contributed by atoms with van der Waals surface area (Å²) < 4.78 is 33.5. The number of likely N-dealkylation sites (N-methyl/N-ethyl adjacent to an activating group) is 1. The van der Waals surface area contributed by atoms with Crippen LogP contribution in [-0.2, 0) is 16.9 Å². The molecule has 0 bridgehead atoms. The second-order valence-electron chi connectivity index (χ2n) is 5.53. The average Bonchev–Trinajstić information content (AvgIpc) is 2.95. The standard InChI is InChI=1S/C18H20N2O3S.ClH/c1-19-11-12-23-16-10-6-9-15-17(13-20(2)18(15)16)24(21,22)14-7-4-3-5-8-14;/h3-10,13,19H,11-12H2,1-2H3;1H. The van der Waals surface area contributed by atoms with Crippen LogP contribution < -0.4 is 10.1 Å². The van der Waals surface area contributed by atoms with Gasteiger partial charge in [-0.05, 0) is 25.2 Å². The van der Waals surface area contributed by atoms with Crippen molar-refractivity contribution in [3.8, 4) is 5.75 Å². The second kappa shape index (κ2) is 7.91. The summed E-state index contributed by atoms with van der Waals surface area (Å²) in [4.78, 5) is 0.587. The SMILES string of the molecule is CNCCOc1cccc2c(S(=O)(=O)c3ccccc3)cn(C)c12.Cl. The Balaban J connectivity index is 0.00000225. The third-order valence-corrected chi connectivity index (χ3v) is 5.68. The van der Waals surface area contributed by atoms with Gasteiger partial charge < -0.3 is 14.6 Å². The Morgan fingerprint density at radius 1 is 1.08 bits per heavy atom. The van der Waals surface area contributed by atoms with Crippen LogP contribution in [0.15, 0.2) is 64.5 Å².